The smallest absolute Gasteiger partial charge is 0.312 e. The molecule has 6 nitrogen and oxygen atoms in total. The molecule has 1 aromatic rings. The van der Waals surface area contributed by atoms with Crippen molar-refractivity contribution in [2.45, 2.75) is 19.3 Å². The Morgan fingerprint density at radius 3 is 2.52 bits per heavy atom. The lowest BCUT2D eigenvalue weighted by Crippen LogP contribution is -2.56. The van der Waals surface area contributed by atoms with Crippen molar-refractivity contribution in [3.8, 4) is 0 Å². The highest BCUT2D eigenvalue weighted by atomic mass is 19.1. The Morgan fingerprint density at radius 2 is 1.80 bits per heavy atom. The van der Waals surface area contributed by atoms with Crippen LogP contribution in [0.1, 0.15) is 24.8 Å². The molecule has 1 aromatic carbocycles. The molecule has 0 N–H and O–H groups in total. The summed E-state index contributed by atoms with van der Waals surface area (Å²) in [6.45, 7) is 4.01. The third-order valence-corrected chi connectivity index (χ3v) is 4.99. The van der Waals surface area contributed by atoms with Gasteiger partial charge in [-0.3, -0.25) is 14.4 Å². The summed E-state index contributed by atoms with van der Waals surface area (Å²) < 4.78 is 13.9. The highest BCUT2D eigenvalue weighted by Crippen LogP contribution is 2.29. The van der Waals surface area contributed by atoms with Gasteiger partial charge in [-0.1, -0.05) is 18.2 Å². The number of likely N-dealkylation sites (N-methyl/N-ethyl adjacent to an activating group) is 1. The van der Waals surface area contributed by atoms with Crippen LogP contribution in [-0.2, 0) is 14.4 Å². The molecule has 3 rings (SSSR count). The molecule has 1 atom stereocenters. The zero-order chi connectivity index (χ0) is 18.0. The van der Waals surface area contributed by atoms with E-state index in [1.807, 2.05) is 6.92 Å². The van der Waals surface area contributed by atoms with Crippen molar-refractivity contribution >= 4 is 17.7 Å². The molecule has 0 unspecified atom stereocenters. The standard InChI is InChI=1S/C18H22FN3O3/c1-2-20-9-10-22(18(25)17(20)24)12-16(23)21-8-7-13(11-21)14-5-3-4-6-15(14)19/h3-6,13H,2,7-12H2,1H3/t13-/m1/s1. The second-order valence-corrected chi connectivity index (χ2v) is 6.46. The molecule has 0 bridgehead atoms. The number of carbonyl (C=O) groups is 3. The Balaban J connectivity index is 1.59. The van der Waals surface area contributed by atoms with Crippen LogP contribution in [0.25, 0.3) is 0 Å². The summed E-state index contributed by atoms with van der Waals surface area (Å²) in [7, 11) is 0. The number of hydrogen-bond acceptors (Lipinski definition) is 3. The Kier molecular flexibility index (Phi) is 5.01. The number of amides is 3. The lowest BCUT2D eigenvalue weighted by Gasteiger charge is -2.33. The first-order chi connectivity index (χ1) is 12.0. The third kappa shape index (κ3) is 3.50. The van der Waals surface area contributed by atoms with Crippen molar-refractivity contribution in [1.82, 2.24) is 14.7 Å². The van der Waals surface area contributed by atoms with E-state index < -0.39 is 11.8 Å². The Morgan fingerprint density at radius 1 is 1.12 bits per heavy atom. The number of rotatable bonds is 4. The quantitative estimate of drug-likeness (QED) is 0.758. The molecular formula is C18H22FN3O3. The Labute approximate surface area is 146 Å². The molecule has 0 radical (unpaired) electrons. The van der Waals surface area contributed by atoms with Crippen molar-refractivity contribution in [2.24, 2.45) is 0 Å². The molecule has 25 heavy (non-hydrogen) atoms. The molecule has 2 aliphatic heterocycles. The number of halogens is 1. The van der Waals surface area contributed by atoms with Gasteiger partial charge in [-0.05, 0) is 25.0 Å². The number of piperazine rings is 1. The fourth-order valence-electron chi connectivity index (χ4n) is 3.48. The largest absolute Gasteiger partial charge is 0.341 e. The SMILES string of the molecule is CCN1CCN(CC(=O)N2CC[C@@H](c3ccccc3F)C2)C(=O)C1=O. The molecule has 2 aliphatic rings. The maximum absolute atomic E-state index is 13.9. The van der Waals surface area contributed by atoms with E-state index in [4.69, 9.17) is 0 Å². The first kappa shape index (κ1) is 17.4. The molecule has 3 amide bonds. The number of likely N-dealkylation sites (tertiary alicyclic amines) is 1. The van der Waals surface area contributed by atoms with Crippen LogP contribution in [0.2, 0.25) is 0 Å². The second kappa shape index (κ2) is 7.21. The predicted molar refractivity (Wildman–Crippen MR) is 89.2 cm³/mol. The number of benzene rings is 1. The van der Waals surface area contributed by atoms with E-state index in [9.17, 15) is 18.8 Å². The molecule has 134 valence electrons. The van der Waals surface area contributed by atoms with E-state index in [2.05, 4.69) is 0 Å². The molecule has 2 fully saturated rings. The molecule has 2 saturated heterocycles. The van der Waals surface area contributed by atoms with Crippen molar-refractivity contribution in [3.63, 3.8) is 0 Å². The summed E-state index contributed by atoms with van der Waals surface area (Å²) >= 11 is 0. The maximum Gasteiger partial charge on any atom is 0.312 e. The van der Waals surface area contributed by atoms with Crippen LogP contribution in [0.5, 0.6) is 0 Å². The van der Waals surface area contributed by atoms with Gasteiger partial charge in [0.1, 0.15) is 12.4 Å². The summed E-state index contributed by atoms with van der Waals surface area (Å²) in [6, 6.07) is 6.62. The van der Waals surface area contributed by atoms with Gasteiger partial charge in [-0.2, -0.15) is 0 Å². The van der Waals surface area contributed by atoms with E-state index in [1.165, 1.54) is 15.9 Å². The molecule has 2 heterocycles. The van der Waals surface area contributed by atoms with Gasteiger partial charge in [-0.25, -0.2) is 4.39 Å². The minimum absolute atomic E-state index is 0.0283. The minimum Gasteiger partial charge on any atom is -0.341 e. The summed E-state index contributed by atoms with van der Waals surface area (Å²) in [5.41, 5.74) is 0.626. The predicted octanol–water partition coefficient (Wildman–Crippen LogP) is 0.832. The van der Waals surface area contributed by atoms with Crippen LogP contribution < -0.4 is 0 Å². The van der Waals surface area contributed by atoms with Gasteiger partial charge in [0.15, 0.2) is 0 Å². The van der Waals surface area contributed by atoms with E-state index in [0.717, 1.165) is 0 Å². The van der Waals surface area contributed by atoms with Gasteiger partial charge in [0, 0.05) is 38.6 Å². The summed E-state index contributed by atoms with van der Waals surface area (Å²) in [4.78, 5) is 40.9. The third-order valence-electron chi connectivity index (χ3n) is 4.99. The molecule has 0 aliphatic carbocycles. The van der Waals surface area contributed by atoms with Crippen LogP contribution in [0.15, 0.2) is 24.3 Å². The topological polar surface area (TPSA) is 60.9 Å². The summed E-state index contributed by atoms with van der Waals surface area (Å²) in [6.07, 6.45) is 0.698. The van der Waals surface area contributed by atoms with Crippen molar-refractivity contribution in [2.75, 3.05) is 39.3 Å². The fraction of sp³-hybridized carbons (Fsp3) is 0.500. The van der Waals surface area contributed by atoms with Crippen LogP contribution in [0.3, 0.4) is 0 Å². The molecular weight excluding hydrogens is 325 g/mol. The lowest BCUT2D eigenvalue weighted by atomic mass is 9.98. The van der Waals surface area contributed by atoms with Crippen molar-refractivity contribution in [1.29, 1.82) is 0 Å². The van der Waals surface area contributed by atoms with Crippen molar-refractivity contribution in [3.05, 3.63) is 35.6 Å². The van der Waals surface area contributed by atoms with Gasteiger partial charge >= 0.3 is 11.8 Å². The van der Waals surface area contributed by atoms with Crippen LogP contribution in [0, 0.1) is 5.82 Å². The Bertz CT molecular complexity index is 694. The Hall–Kier alpha value is -2.44. The average Bonchev–Trinajstić information content (AvgIpc) is 3.09. The highest BCUT2D eigenvalue weighted by molar-refractivity contribution is 6.35. The van der Waals surface area contributed by atoms with E-state index in [1.54, 1.807) is 23.1 Å². The van der Waals surface area contributed by atoms with E-state index >= 15 is 0 Å². The fourth-order valence-corrected chi connectivity index (χ4v) is 3.48. The van der Waals surface area contributed by atoms with Gasteiger partial charge in [0.2, 0.25) is 5.91 Å². The lowest BCUT2D eigenvalue weighted by molar-refractivity contribution is -0.157. The summed E-state index contributed by atoms with van der Waals surface area (Å²) in [5.74, 6) is -1.64. The minimum atomic E-state index is -0.619. The highest BCUT2D eigenvalue weighted by Gasteiger charge is 2.35. The van der Waals surface area contributed by atoms with Crippen LogP contribution in [-0.4, -0.2) is 71.7 Å². The van der Waals surface area contributed by atoms with Crippen LogP contribution >= 0.6 is 0 Å². The zero-order valence-electron chi connectivity index (χ0n) is 14.3. The number of nitrogens with zero attached hydrogens (tertiary/aromatic N) is 3. The average molecular weight is 347 g/mol. The van der Waals surface area contributed by atoms with E-state index in [0.29, 0.717) is 44.7 Å². The van der Waals surface area contributed by atoms with Gasteiger partial charge in [0.05, 0.1) is 0 Å². The first-order valence-corrected chi connectivity index (χ1v) is 8.61. The first-order valence-electron chi connectivity index (χ1n) is 8.61. The van der Waals surface area contributed by atoms with Gasteiger partial charge in [-0.15, -0.1) is 0 Å². The number of carbonyl (C=O) groups excluding carboxylic acids is 3. The molecule has 0 saturated carbocycles. The molecule has 0 spiro atoms. The molecule has 0 aromatic heterocycles. The van der Waals surface area contributed by atoms with E-state index in [-0.39, 0.29) is 24.2 Å². The number of hydrogen-bond donors (Lipinski definition) is 0. The maximum atomic E-state index is 13.9. The summed E-state index contributed by atoms with van der Waals surface area (Å²) in [5, 5.41) is 0. The zero-order valence-corrected chi connectivity index (χ0v) is 14.3. The molecule has 7 heteroatoms. The van der Waals surface area contributed by atoms with Gasteiger partial charge < -0.3 is 14.7 Å². The normalized spacial score (nSPS) is 21.2. The van der Waals surface area contributed by atoms with Crippen LogP contribution in [0.4, 0.5) is 4.39 Å². The van der Waals surface area contributed by atoms with Gasteiger partial charge in [0.25, 0.3) is 0 Å². The monoisotopic (exact) mass is 347 g/mol. The van der Waals surface area contributed by atoms with Crippen molar-refractivity contribution < 1.29 is 18.8 Å². The second-order valence-electron chi connectivity index (χ2n) is 6.46.